The van der Waals surface area contributed by atoms with Crippen LogP contribution < -0.4 is 0 Å². The first kappa shape index (κ1) is 10.2. The third-order valence-corrected chi connectivity index (χ3v) is 5.58. The Labute approximate surface area is 100.0 Å². The summed E-state index contributed by atoms with van der Waals surface area (Å²) in [5.74, 6) is 0.985. The van der Waals surface area contributed by atoms with Crippen LogP contribution in [0.4, 0.5) is 0 Å². The molecule has 2 rings (SSSR count). The second kappa shape index (κ2) is 4.03. The molecule has 0 aromatic carbocycles. The van der Waals surface area contributed by atoms with Crippen molar-refractivity contribution < 1.29 is 0 Å². The lowest BCUT2D eigenvalue weighted by atomic mass is 10.2. The molecular formula is C10H12Br2S. The van der Waals surface area contributed by atoms with Gasteiger partial charge in [-0.2, -0.15) is 0 Å². The monoisotopic (exact) mass is 322 g/mol. The SMILES string of the molecule is Cc1cc(Br)c(C(Br)CC2CC2)s1. The number of aryl methyl sites for hydroxylation is 1. The topological polar surface area (TPSA) is 0 Å². The Morgan fingerprint density at radius 1 is 1.62 bits per heavy atom. The molecule has 0 N–H and O–H groups in total. The van der Waals surface area contributed by atoms with Crippen LogP contribution in [0.3, 0.4) is 0 Å². The lowest BCUT2D eigenvalue weighted by Gasteiger charge is -2.06. The van der Waals surface area contributed by atoms with Crippen LogP contribution in [0.15, 0.2) is 10.5 Å². The fourth-order valence-corrected chi connectivity index (χ4v) is 4.75. The Balaban J connectivity index is 2.08. The Hall–Kier alpha value is 0.660. The van der Waals surface area contributed by atoms with Crippen molar-refractivity contribution in [1.29, 1.82) is 0 Å². The third kappa shape index (κ3) is 2.57. The Morgan fingerprint density at radius 2 is 2.31 bits per heavy atom. The molecule has 0 saturated heterocycles. The van der Waals surface area contributed by atoms with Crippen LogP contribution in [0.2, 0.25) is 0 Å². The van der Waals surface area contributed by atoms with Gasteiger partial charge < -0.3 is 0 Å². The maximum absolute atomic E-state index is 3.77. The van der Waals surface area contributed by atoms with Crippen molar-refractivity contribution in [3.05, 3.63) is 20.3 Å². The molecule has 0 aliphatic heterocycles. The fourth-order valence-electron chi connectivity index (χ4n) is 1.47. The summed E-state index contributed by atoms with van der Waals surface area (Å²) in [6.07, 6.45) is 4.17. The van der Waals surface area contributed by atoms with Gasteiger partial charge in [-0.3, -0.25) is 0 Å². The summed E-state index contributed by atoms with van der Waals surface area (Å²) in [6, 6.07) is 2.21. The summed E-state index contributed by atoms with van der Waals surface area (Å²) >= 11 is 9.28. The molecular weight excluding hydrogens is 312 g/mol. The van der Waals surface area contributed by atoms with Crippen LogP contribution in [0.5, 0.6) is 0 Å². The number of halogens is 2. The second-order valence-electron chi connectivity index (χ2n) is 3.72. The smallest absolute Gasteiger partial charge is 0.0503 e. The summed E-state index contributed by atoms with van der Waals surface area (Å²) in [6.45, 7) is 2.16. The van der Waals surface area contributed by atoms with Crippen molar-refractivity contribution in [3.63, 3.8) is 0 Å². The molecule has 1 saturated carbocycles. The molecule has 0 radical (unpaired) electrons. The highest BCUT2D eigenvalue weighted by Gasteiger charge is 2.26. The summed E-state index contributed by atoms with van der Waals surface area (Å²) in [5.41, 5.74) is 0. The van der Waals surface area contributed by atoms with Gasteiger partial charge in [0.2, 0.25) is 0 Å². The molecule has 1 unspecified atom stereocenters. The second-order valence-corrected chi connectivity index (χ2v) is 6.96. The molecule has 1 fully saturated rings. The Bertz CT molecular complexity index is 302. The zero-order chi connectivity index (χ0) is 9.42. The Morgan fingerprint density at radius 3 is 2.77 bits per heavy atom. The molecule has 1 atom stereocenters. The molecule has 0 bridgehead atoms. The van der Waals surface area contributed by atoms with E-state index in [1.807, 2.05) is 11.3 Å². The van der Waals surface area contributed by atoms with Gasteiger partial charge in [-0.25, -0.2) is 0 Å². The van der Waals surface area contributed by atoms with E-state index in [9.17, 15) is 0 Å². The molecule has 72 valence electrons. The van der Waals surface area contributed by atoms with E-state index in [2.05, 4.69) is 44.8 Å². The fraction of sp³-hybridized carbons (Fsp3) is 0.600. The zero-order valence-corrected chi connectivity index (χ0v) is 11.5. The minimum atomic E-state index is 0.563. The number of rotatable bonds is 3. The van der Waals surface area contributed by atoms with E-state index in [1.54, 1.807) is 0 Å². The molecule has 1 aliphatic carbocycles. The zero-order valence-electron chi connectivity index (χ0n) is 7.52. The van der Waals surface area contributed by atoms with Gasteiger partial charge in [-0.1, -0.05) is 28.8 Å². The van der Waals surface area contributed by atoms with E-state index < -0.39 is 0 Å². The standard InChI is InChI=1S/C10H12Br2S/c1-6-4-8(11)10(13-6)9(12)5-7-2-3-7/h4,7,9H,2-3,5H2,1H3. The van der Waals surface area contributed by atoms with Crippen molar-refractivity contribution in [2.45, 2.75) is 31.0 Å². The van der Waals surface area contributed by atoms with Gasteiger partial charge >= 0.3 is 0 Å². The molecule has 1 aromatic rings. The first-order valence-corrected chi connectivity index (χ1v) is 7.09. The van der Waals surface area contributed by atoms with Crippen LogP contribution in [-0.4, -0.2) is 0 Å². The predicted octanol–water partition coefficient (Wildman–Crippen LogP) is 5.06. The van der Waals surface area contributed by atoms with E-state index in [1.165, 1.54) is 33.5 Å². The van der Waals surface area contributed by atoms with Crippen LogP contribution in [0, 0.1) is 12.8 Å². The predicted molar refractivity (Wildman–Crippen MR) is 65.8 cm³/mol. The first-order chi connectivity index (χ1) is 6.16. The number of alkyl halides is 1. The molecule has 0 amide bonds. The molecule has 3 heteroatoms. The van der Waals surface area contributed by atoms with Crippen LogP contribution >= 0.6 is 43.2 Å². The highest BCUT2D eigenvalue weighted by atomic mass is 79.9. The van der Waals surface area contributed by atoms with Crippen LogP contribution in [-0.2, 0) is 0 Å². The van der Waals surface area contributed by atoms with Gasteiger partial charge in [0.05, 0.1) is 4.83 Å². The van der Waals surface area contributed by atoms with Gasteiger partial charge in [-0.15, -0.1) is 11.3 Å². The van der Waals surface area contributed by atoms with E-state index in [4.69, 9.17) is 0 Å². The van der Waals surface area contributed by atoms with Crippen LogP contribution in [0.25, 0.3) is 0 Å². The van der Waals surface area contributed by atoms with E-state index in [-0.39, 0.29) is 0 Å². The van der Waals surface area contributed by atoms with Crippen molar-refractivity contribution >= 4 is 43.2 Å². The molecule has 0 nitrogen and oxygen atoms in total. The van der Waals surface area contributed by atoms with Gasteiger partial charge in [-0.05, 0) is 41.3 Å². The quantitative estimate of drug-likeness (QED) is 0.682. The summed E-state index contributed by atoms with van der Waals surface area (Å²) in [7, 11) is 0. The summed E-state index contributed by atoms with van der Waals surface area (Å²) in [5, 5.41) is 0. The largest absolute Gasteiger partial charge is 0.143 e. The number of thiophene rings is 1. The maximum atomic E-state index is 3.77. The number of hydrogen-bond donors (Lipinski definition) is 0. The minimum absolute atomic E-state index is 0.563. The maximum Gasteiger partial charge on any atom is 0.0503 e. The highest BCUT2D eigenvalue weighted by Crippen LogP contribution is 2.45. The highest BCUT2D eigenvalue weighted by molar-refractivity contribution is 9.11. The molecule has 1 aliphatic rings. The normalized spacial score (nSPS) is 19.0. The van der Waals surface area contributed by atoms with E-state index >= 15 is 0 Å². The molecule has 1 heterocycles. The van der Waals surface area contributed by atoms with Crippen molar-refractivity contribution in [2.75, 3.05) is 0 Å². The molecule has 13 heavy (non-hydrogen) atoms. The van der Waals surface area contributed by atoms with Crippen molar-refractivity contribution in [2.24, 2.45) is 5.92 Å². The Kier molecular flexibility index (Phi) is 3.16. The summed E-state index contributed by atoms with van der Waals surface area (Å²) < 4.78 is 1.28. The average molecular weight is 324 g/mol. The van der Waals surface area contributed by atoms with E-state index in [0.717, 1.165) is 5.92 Å². The van der Waals surface area contributed by atoms with Gasteiger partial charge in [0.1, 0.15) is 0 Å². The minimum Gasteiger partial charge on any atom is -0.143 e. The summed E-state index contributed by atoms with van der Waals surface area (Å²) in [4.78, 5) is 3.42. The third-order valence-electron chi connectivity index (χ3n) is 2.36. The molecule has 1 aromatic heterocycles. The average Bonchev–Trinajstić information content (AvgIpc) is 2.77. The van der Waals surface area contributed by atoms with Crippen molar-refractivity contribution in [3.8, 4) is 0 Å². The van der Waals surface area contributed by atoms with Gasteiger partial charge in [0.25, 0.3) is 0 Å². The molecule has 0 spiro atoms. The lowest BCUT2D eigenvalue weighted by Crippen LogP contribution is -1.88. The first-order valence-electron chi connectivity index (χ1n) is 4.56. The van der Waals surface area contributed by atoms with Crippen LogP contribution in [0.1, 0.15) is 33.8 Å². The van der Waals surface area contributed by atoms with Gasteiger partial charge in [0, 0.05) is 14.2 Å². The van der Waals surface area contributed by atoms with Gasteiger partial charge in [0.15, 0.2) is 0 Å². The van der Waals surface area contributed by atoms with E-state index in [0.29, 0.717) is 4.83 Å². The lowest BCUT2D eigenvalue weighted by molar-refractivity contribution is 0.727. The van der Waals surface area contributed by atoms with Crippen molar-refractivity contribution in [1.82, 2.24) is 0 Å². The number of hydrogen-bond acceptors (Lipinski definition) is 1.